The van der Waals surface area contributed by atoms with Crippen LogP contribution < -0.4 is 5.32 Å². The van der Waals surface area contributed by atoms with Crippen molar-refractivity contribution in [1.82, 2.24) is 9.88 Å². The zero-order chi connectivity index (χ0) is 16.3. The Morgan fingerprint density at radius 2 is 2.27 bits per heavy atom. The van der Waals surface area contributed by atoms with E-state index in [2.05, 4.69) is 15.0 Å². The molecule has 122 valence electrons. The Kier molecular flexibility index (Phi) is 4.89. The van der Waals surface area contributed by atoms with Gasteiger partial charge in [0.1, 0.15) is 6.04 Å². The summed E-state index contributed by atoms with van der Waals surface area (Å²) in [4.78, 5) is 28.9. The molecule has 1 saturated heterocycles. The number of aromatic nitrogens is 1. The van der Waals surface area contributed by atoms with Gasteiger partial charge in [0.25, 0.3) is 0 Å². The number of aryl methyl sites for hydroxylation is 1. The number of hydrogen-bond donors (Lipinski definition) is 1. The van der Waals surface area contributed by atoms with Gasteiger partial charge in [0.05, 0.1) is 5.69 Å². The smallest absolute Gasteiger partial charge is 0.422 e. The summed E-state index contributed by atoms with van der Waals surface area (Å²) in [6.45, 7) is 0.288. The van der Waals surface area contributed by atoms with Crippen LogP contribution in [0.3, 0.4) is 0 Å². The lowest BCUT2D eigenvalue weighted by molar-refractivity contribution is -0.162. The van der Waals surface area contributed by atoms with Gasteiger partial charge in [-0.1, -0.05) is 0 Å². The fraction of sp³-hybridized carbons (Fsp3) is 0.583. The summed E-state index contributed by atoms with van der Waals surface area (Å²) in [5, 5.41) is 4.70. The molecule has 0 saturated carbocycles. The Labute approximate surface area is 128 Å². The van der Waals surface area contributed by atoms with E-state index in [9.17, 15) is 22.8 Å². The summed E-state index contributed by atoms with van der Waals surface area (Å²) in [7, 11) is 0. The van der Waals surface area contributed by atoms with E-state index in [1.54, 1.807) is 12.3 Å². The minimum atomic E-state index is -4.59. The highest BCUT2D eigenvalue weighted by Crippen LogP contribution is 2.23. The van der Waals surface area contributed by atoms with Crippen molar-refractivity contribution < 1.29 is 27.5 Å². The number of thiazole rings is 1. The lowest BCUT2D eigenvalue weighted by atomic mass is 10.2. The summed E-state index contributed by atoms with van der Waals surface area (Å²) in [5.41, 5.74) is 0.744. The Bertz CT molecular complexity index is 561. The van der Waals surface area contributed by atoms with Crippen molar-refractivity contribution in [1.29, 1.82) is 0 Å². The summed E-state index contributed by atoms with van der Waals surface area (Å²) in [6.07, 6.45) is -4.83. The highest BCUT2D eigenvalue weighted by molar-refractivity contribution is 7.13. The Morgan fingerprint density at radius 3 is 2.86 bits per heavy atom. The standard InChI is InChI=1S/C12H14F3N3O3S/c1-7-5-22-10(16-7)17-9(19)8-3-2-4-18(8)11(20)21-6-12(13,14)15/h5,8H,2-4,6H2,1H3,(H,16,17,19)/t8-/m1/s1. The van der Waals surface area contributed by atoms with E-state index < -0.39 is 30.8 Å². The molecular weight excluding hydrogens is 323 g/mol. The van der Waals surface area contributed by atoms with E-state index in [0.717, 1.165) is 10.6 Å². The van der Waals surface area contributed by atoms with Gasteiger partial charge in [0, 0.05) is 11.9 Å². The van der Waals surface area contributed by atoms with Gasteiger partial charge in [0.15, 0.2) is 11.7 Å². The molecule has 0 radical (unpaired) electrons. The third-order valence-electron chi connectivity index (χ3n) is 3.00. The second-order valence-electron chi connectivity index (χ2n) is 4.80. The molecule has 0 bridgehead atoms. The third-order valence-corrected chi connectivity index (χ3v) is 3.87. The fourth-order valence-corrected chi connectivity index (χ4v) is 2.78. The average molecular weight is 337 g/mol. The maximum Gasteiger partial charge on any atom is 0.422 e. The van der Waals surface area contributed by atoms with Gasteiger partial charge in [-0.25, -0.2) is 9.78 Å². The van der Waals surface area contributed by atoms with Crippen LogP contribution in [0.1, 0.15) is 18.5 Å². The van der Waals surface area contributed by atoms with Crippen molar-refractivity contribution in [2.24, 2.45) is 0 Å². The number of hydrogen-bond acceptors (Lipinski definition) is 5. The van der Waals surface area contributed by atoms with E-state index in [1.165, 1.54) is 11.3 Å². The van der Waals surface area contributed by atoms with Crippen molar-refractivity contribution in [3.05, 3.63) is 11.1 Å². The molecule has 1 aromatic rings. The molecule has 10 heteroatoms. The van der Waals surface area contributed by atoms with Gasteiger partial charge in [-0.15, -0.1) is 11.3 Å². The molecule has 1 aliphatic rings. The van der Waals surface area contributed by atoms with Crippen molar-refractivity contribution in [3.8, 4) is 0 Å². The molecule has 0 unspecified atom stereocenters. The normalized spacial score (nSPS) is 18.4. The van der Waals surface area contributed by atoms with E-state index >= 15 is 0 Å². The van der Waals surface area contributed by atoms with Gasteiger partial charge < -0.3 is 10.1 Å². The molecule has 2 heterocycles. The van der Waals surface area contributed by atoms with Crippen molar-refractivity contribution >= 4 is 28.5 Å². The number of rotatable bonds is 3. The Hall–Kier alpha value is -1.84. The zero-order valence-electron chi connectivity index (χ0n) is 11.6. The van der Waals surface area contributed by atoms with Crippen LogP contribution in [0.4, 0.5) is 23.1 Å². The maximum atomic E-state index is 12.1. The first kappa shape index (κ1) is 16.5. The number of alkyl halides is 3. The van der Waals surface area contributed by atoms with E-state index in [0.29, 0.717) is 18.0 Å². The lowest BCUT2D eigenvalue weighted by Crippen LogP contribution is -2.44. The van der Waals surface area contributed by atoms with Gasteiger partial charge >= 0.3 is 12.3 Å². The highest BCUT2D eigenvalue weighted by atomic mass is 32.1. The lowest BCUT2D eigenvalue weighted by Gasteiger charge is -2.23. The molecule has 22 heavy (non-hydrogen) atoms. The number of amides is 2. The molecule has 0 aliphatic carbocycles. The molecule has 1 aromatic heterocycles. The fourth-order valence-electron chi connectivity index (χ4n) is 2.08. The van der Waals surface area contributed by atoms with Gasteiger partial charge in [-0.3, -0.25) is 9.69 Å². The molecule has 1 aliphatic heterocycles. The Balaban J connectivity index is 1.94. The van der Waals surface area contributed by atoms with Crippen molar-refractivity contribution in [3.63, 3.8) is 0 Å². The number of likely N-dealkylation sites (tertiary alicyclic amines) is 1. The maximum absolute atomic E-state index is 12.1. The van der Waals surface area contributed by atoms with Crippen LogP contribution >= 0.6 is 11.3 Å². The van der Waals surface area contributed by atoms with E-state index in [1.807, 2.05) is 0 Å². The van der Waals surface area contributed by atoms with Crippen LogP contribution in [0.15, 0.2) is 5.38 Å². The first-order chi connectivity index (χ1) is 10.3. The summed E-state index contributed by atoms with van der Waals surface area (Å²) >= 11 is 1.23. The second kappa shape index (κ2) is 6.51. The molecule has 2 amide bonds. The first-order valence-electron chi connectivity index (χ1n) is 6.49. The Morgan fingerprint density at radius 1 is 1.55 bits per heavy atom. The molecule has 1 fully saturated rings. The largest absolute Gasteiger partial charge is 0.440 e. The van der Waals surface area contributed by atoms with Crippen LogP contribution in [0.2, 0.25) is 0 Å². The molecule has 6 nitrogen and oxygen atoms in total. The number of ether oxygens (including phenoxy) is 1. The van der Waals surface area contributed by atoms with Crippen LogP contribution in [0, 0.1) is 6.92 Å². The minimum Gasteiger partial charge on any atom is -0.440 e. The summed E-state index contributed by atoms with van der Waals surface area (Å²) in [6, 6.07) is -0.843. The SMILES string of the molecule is Cc1csc(NC(=O)[C@H]2CCCN2C(=O)OCC(F)(F)F)n1. The molecular formula is C12H14F3N3O3S. The monoisotopic (exact) mass is 337 g/mol. The van der Waals surface area contributed by atoms with Crippen LogP contribution in [-0.2, 0) is 9.53 Å². The minimum absolute atomic E-state index is 0.186. The molecule has 1 N–H and O–H groups in total. The number of nitrogens with one attached hydrogen (secondary N) is 1. The average Bonchev–Trinajstić information content (AvgIpc) is 3.04. The predicted octanol–water partition coefficient (Wildman–Crippen LogP) is 2.55. The molecule has 0 spiro atoms. The topological polar surface area (TPSA) is 71.5 Å². The van der Waals surface area contributed by atoms with Crippen LogP contribution in [-0.4, -0.2) is 47.3 Å². The van der Waals surface area contributed by atoms with Crippen LogP contribution in [0.25, 0.3) is 0 Å². The number of carbonyl (C=O) groups excluding carboxylic acids is 2. The quantitative estimate of drug-likeness (QED) is 0.920. The third kappa shape index (κ3) is 4.33. The van der Waals surface area contributed by atoms with Gasteiger partial charge in [-0.2, -0.15) is 13.2 Å². The van der Waals surface area contributed by atoms with E-state index in [-0.39, 0.29) is 6.54 Å². The van der Waals surface area contributed by atoms with Gasteiger partial charge in [-0.05, 0) is 19.8 Å². The molecule has 1 atom stereocenters. The first-order valence-corrected chi connectivity index (χ1v) is 7.37. The van der Waals surface area contributed by atoms with E-state index in [4.69, 9.17) is 0 Å². The zero-order valence-corrected chi connectivity index (χ0v) is 12.5. The molecule has 0 aromatic carbocycles. The van der Waals surface area contributed by atoms with Gasteiger partial charge in [0.2, 0.25) is 5.91 Å². The van der Waals surface area contributed by atoms with Crippen molar-refractivity contribution in [2.75, 3.05) is 18.5 Å². The number of carbonyl (C=O) groups is 2. The second-order valence-corrected chi connectivity index (χ2v) is 5.66. The number of anilines is 1. The number of halogens is 3. The number of nitrogens with zero attached hydrogens (tertiary/aromatic N) is 2. The summed E-state index contributed by atoms with van der Waals surface area (Å²) in [5.74, 6) is -0.476. The predicted molar refractivity (Wildman–Crippen MR) is 72.6 cm³/mol. The molecule has 2 rings (SSSR count). The van der Waals surface area contributed by atoms with Crippen LogP contribution in [0.5, 0.6) is 0 Å². The van der Waals surface area contributed by atoms with Crippen molar-refractivity contribution in [2.45, 2.75) is 32.0 Å². The summed E-state index contributed by atoms with van der Waals surface area (Å²) < 4.78 is 40.4. The highest BCUT2D eigenvalue weighted by Gasteiger charge is 2.37.